The maximum Gasteiger partial charge on any atom is 0.410 e. The zero-order valence-corrected chi connectivity index (χ0v) is 13.8. The third-order valence-electron chi connectivity index (χ3n) is 4.04. The van der Waals surface area contributed by atoms with Gasteiger partial charge in [-0.15, -0.1) is 0 Å². The summed E-state index contributed by atoms with van der Waals surface area (Å²) < 4.78 is 7.38. The van der Waals surface area contributed by atoms with Crippen LogP contribution in [-0.4, -0.2) is 44.6 Å². The first-order valence-electron chi connectivity index (χ1n) is 7.98. The summed E-state index contributed by atoms with van der Waals surface area (Å²) in [6, 6.07) is 5.50. The predicted octanol–water partition coefficient (Wildman–Crippen LogP) is 3.31. The second kappa shape index (κ2) is 5.76. The summed E-state index contributed by atoms with van der Waals surface area (Å²) in [6.07, 6.45) is 3.21. The molecule has 1 aromatic heterocycles. The van der Waals surface area contributed by atoms with Gasteiger partial charge < -0.3 is 14.7 Å². The molecule has 0 saturated carbocycles. The van der Waals surface area contributed by atoms with Crippen LogP contribution in [0.3, 0.4) is 0 Å². The number of aromatic hydroxyl groups is 1. The molecule has 1 saturated heterocycles. The first-order chi connectivity index (χ1) is 10.8. The molecule has 124 valence electrons. The molecule has 1 N–H and O–H groups in total. The minimum absolute atomic E-state index is 0.230. The van der Waals surface area contributed by atoms with Gasteiger partial charge in [-0.1, -0.05) is 0 Å². The monoisotopic (exact) mass is 317 g/mol. The number of phenolic OH excluding ortho intramolecular Hbond substituents is 1. The highest BCUT2D eigenvalue weighted by Crippen LogP contribution is 2.28. The van der Waals surface area contributed by atoms with Crippen LogP contribution < -0.4 is 0 Å². The van der Waals surface area contributed by atoms with Crippen LogP contribution >= 0.6 is 0 Å². The number of aromatic nitrogens is 2. The molecule has 23 heavy (non-hydrogen) atoms. The lowest BCUT2D eigenvalue weighted by Crippen LogP contribution is -2.42. The average molecular weight is 317 g/mol. The van der Waals surface area contributed by atoms with E-state index >= 15 is 0 Å². The van der Waals surface area contributed by atoms with Crippen LogP contribution in [0, 0.1) is 0 Å². The first-order valence-corrected chi connectivity index (χ1v) is 7.98. The summed E-state index contributed by atoms with van der Waals surface area (Å²) in [7, 11) is 0. The highest BCUT2D eigenvalue weighted by Gasteiger charge is 2.28. The fourth-order valence-corrected chi connectivity index (χ4v) is 2.94. The van der Waals surface area contributed by atoms with Gasteiger partial charge >= 0.3 is 6.09 Å². The molecule has 0 radical (unpaired) electrons. The van der Waals surface area contributed by atoms with Gasteiger partial charge in [-0.2, -0.15) is 5.10 Å². The lowest BCUT2D eigenvalue weighted by atomic mass is 10.1. The summed E-state index contributed by atoms with van der Waals surface area (Å²) in [5.41, 5.74) is 0.463. The highest BCUT2D eigenvalue weighted by molar-refractivity contribution is 5.80. The molecule has 0 aliphatic carbocycles. The molecule has 6 nitrogen and oxygen atoms in total. The molecule has 2 heterocycles. The Balaban J connectivity index is 1.69. The first kappa shape index (κ1) is 15.6. The molecule has 3 rings (SSSR count). The van der Waals surface area contributed by atoms with E-state index in [1.54, 1.807) is 17.0 Å². The Labute approximate surface area is 135 Å². The van der Waals surface area contributed by atoms with Crippen LogP contribution in [0.4, 0.5) is 4.79 Å². The summed E-state index contributed by atoms with van der Waals surface area (Å²) in [4.78, 5) is 13.9. The smallest absolute Gasteiger partial charge is 0.410 e. The van der Waals surface area contributed by atoms with E-state index in [0.717, 1.165) is 23.7 Å². The molecule has 1 aliphatic heterocycles. The molecule has 1 aromatic carbocycles. The van der Waals surface area contributed by atoms with E-state index in [1.807, 2.05) is 37.7 Å². The van der Waals surface area contributed by atoms with Gasteiger partial charge in [0.15, 0.2) is 0 Å². The third kappa shape index (κ3) is 3.41. The minimum atomic E-state index is -0.469. The number of carbonyl (C=O) groups is 1. The molecule has 0 spiro atoms. The van der Waals surface area contributed by atoms with Gasteiger partial charge in [0.1, 0.15) is 11.4 Å². The SMILES string of the molecule is CC(C)(C)OC(=O)N1CCC(n2ncc3ccc(O)cc32)CC1. The van der Waals surface area contributed by atoms with Crippen molar-refractivity contribution in [2.75, 3.05) is 13.1 Å². The summed E-state index contributed by atoms with van der Waals surface area (Å²) >= 11 is 0. The zero-order valence-electron chi connectivity index (χ0n) is 13.8. The Morgan fingerprint density at radius 1 is 1.30 bits per heavy atom. The minimum Gasteiger partial charge on any atom is -0.508 e. The molecule has 2 aromatic rings. The van der Waals surface area contributed by atoms with E-state index < -0.39 is 5.60 Å². The Morgan fingerprint density at radius 3 is 2.65 bits per heavy atom. The Morgan fingerprint density at radius 2 is 2.00 bits per heavy atom. The molecule has 0 unspecified atom stereocenters. The van der Waals surface area contributed by atoms with Crippen LogP contribution in [0.25, 0.3) is 10.9 Å². The number of amides is 1. The average Bonchev–Trinajstić information content (AvgIpc) is 2.88. The Kier molecular flexibility index (Phi) is 3.92. The molecule has 1 amide bonds. The lowest BCUT2D eigenvalue weighted by Gasteiger charge is -2.33. The van der Waals surface area contributed by atoms with E-state index in [9.17, 15) is 9.90 Å². The van der Waals surface area contributed by atoms with E-state index in [4.69, 9.17) is 4.74 Å². The fraction of sp³-hybridized carbons (Fsp3) is 0.529. The van der Waals surface area contributed by atoms with Crippen molar-refractivity contribution in [3.8, 4) is 5.75 Å². The molecular formula is C17H23N3O3. The number of rotatable bonds is 1. The van der Waals surface area contributed by atoms with Crippen molar-refractivity contribution in [3.05, 3.63) is 24.4 Å². The molecular weight excluding hydrogens is 294 g/mol. The van der Waals surface area contributed by atoms with Crippen molar-refractivity contribution in [1.82, 2.24) is 14.7 Å². The van der Waals surface area contributed by atoms with E-state index in [2.05, 4.69) is 5.10 Å². The van der Waals surface area contributed by atoms with Crippen molar-refractivity contribution in [2.24, 2.45) is 0 Å². The molecule has 1 fully saturated rings. The van der Waals surface area contributed by atoms with E-state index in [-0.39, 0.29) is 17.9 Å². The highest BCUT2D eigenvalue weighted by atomic mass is 16.6. The number of benzene rings is 1. The predicted molar refractivity (Wildman–Crippen MR) is 87.5 cm³/mol. The van der Waals surface area contributed by atoms with Crippen LogP contribution in [0.1, 0.15) is 39.7 Å². The van der Waals surface area contributed by atoms with E-state index in [0.29, 0.717) is 13.1 Å². The number of hydrogen-bond donors (Lipinski definition) is 1. The van der Waals surface area contributed by atoms with Gasteiger partial charge in [-0.3, -0.25) is 4.68 Å². The molecule has 0 bridgehead atoms. The van der Waals surface area contributed by atoms with Crippen LogP contribution in [0.15, 0.2) is 24.4 Å². The number of carbonyl (C=O) groups excluding carboxylic acids is 1. The number of phenols is 1. The quantitative estimate of drug-likeness (QED) is 0.876. The van der Waals surface area contributed by atoms with Gasteiger partial charge in [0.2, 0.25) is 0 Å². The van der Waals surface area contributed by atoms with Gasteiger partial charge in [0, 0.05) is 24.5 Å². The van der Waals surface area contributed by atoms with Crippen molar-refractivity contribution < 1.29 is 14.6 Å². The van der Waals surface area contributed by atoms with Gasteiger partial charge in [-0.25, -0.2) is 4.79 Å². The largest absolute Gasteiger partial charge is 0.508 e. The van der Waals surface area contributed by atoms with Gasteiger partial charge in [0.05, 0.1) is 17.8 Å². The molecule has 0 atom stereocenters. The molecule has 1 aliphatic rings. The number of ether oxygens (including phenoxy) is 1. The zero-order chi connectivity index (χ0) is 16.6. The topological polar surface area (TPSA) is 67.6 Å². The van der Waals surface area contributed by atoms with Crippen molar-refractivity contribution >= 4 is 17.0 Å². The standard InChI is InChI=1S/C17H23N3O3/c1-17(2,3)23-16(22)19-8-6-13(7-9-19)20-15-10-14(21)5-4-12(15)11-18-20/h4-5,10-11,13,21H,6-9H2,1-3H3. The summed E-state index contributed by atoms with van der Waals surface area (Å²) in [5, 5.41) is 15.2. The van der Waals surface area contributed by atoms with Gasteiger partial charge in [-0.05, 0) is 45.7 Å². The van der Waals surface area contributed by atoms with Crippen LogP contribution in [-0.2, 0) is 4.74 Å². The Bertz CT molecular complexity index is 709. The normalized spacial score (nSPS) is 16.7. The van der Waals surface area contributed by atoms with Crippen molar-refractivity contribution in [1.29, 1.82) is 0 Å². The van der Waals surface area contributed by atoms with Crippen molar-refractivity contribution in [3.63, 3.8) is 0 Å². The van der Waals surface area contributed by atoms with Crippen LogP contribution in [0.2, 0.25) is 0 Å². The number of fused-ring (bicyclic) bond motifs is 1. The summed E-state index contributed by atoms with van der Waals surface area (Å²) in [6.45, 7) is 6.93. The maximum absolute atomic E-state index is 12.1. The number of nitrogens with zero attached hydrogens (tertiary/aromatic N) is 3. The number of likely N-dealkylation sites (tertiary alicyclic amines) is 1. The summed E-state index contributed by atoms with van der Waals surface area (Å²) in [5.74, 6) is 0.241. The second-order valence-electron chi connectivity index (χ2n) is 7.03. The number of hydrogen-bond acceptors (Lipinski definition) is 4. The maximum atomic E-state index is 12.1. The van der Waals surface area contributed by atoms with E-state index in [1.165, 1.54) is 0 Å². The Hall–Kier alpha value is -2.24. The fourth-order valence-electron chi connectivity index (χ4n) is 2.94. The van der Waals surface area contributed by atoms with Crippen LogP contribution in [0.5, 0.6) is 5.75 Å². The lowest BCUT2D eigenvalue weighted by molar-refractivity contribution is 0.0186. The van der Waals surface area contributed by atoms with Gasteiger partial charge in [0.25, 0.3) is 0 Å². The van der Waals surface area contributed by atoms with Crippen molar-refractivity contribution in [2.45, 2.75) is 45.3 Å². The molecule has 6 heteroatoms. The second-order valence-corrected chi connectivity index (χ2v) is 7.03. The third-order valence-corrected chi connectivity index (χ3v) is 4.04. The number of piperidine rings is 1.